The lowest BCUT2D eigenvalue weighted by Crippen LogP contribution is -2.19. The monoisotopic (exact) mass is 277 g/mol. The molecule has 1 atom stereocenters. The third-order valence-electron chi connectivity index (χ3n) is 3.27. The quantitative estimate of drug-likeness (QED) is 0.925. The predicted molar refractivity (Wildman–Crippen MR) is 74.7 cm³/mol. The Labute approximate surface area is 117 Å². The van der Waals surface area contributed by atoms with E-state index in [4.69, 9.17) is 10.5 Å². The molecular weight excluding hydrogens is 260 g/mol. The highest BCUT2D eigenvalue weighted by atomic mass is 19.1. The number of hydrogen-bond acceptors (Lipinski definition) is 2. The van der Waals surface area contributed by atoms with Crippen LogP contribution < -0.4 is 10.5 Å². The van der Waals surface area contributed by atoms with Gasteiger partial charge in [0.15, 0.2) is 11.6 Å². The summed E-state index contributed by atoms with van der Waals surface area (Å²) in [6.07, 6.45) is 0. The summed E-state index contributed by atoms with van der Waals surface area (Å²) in [4.78, 5) is 0. The summed E-state index contributed by atoms with van der Waals surface area (Å²) in [7, 11) is 0. The number of nitrogens with two attached hydrogens (primary N) is 1. The molecular formula is C16H17F2NO. The smallest absolute Gasteiger partial charge is 0.167 e. The molecule has 2 nitrogen and oxygen atoms in total. The number of aryl methyl sites for hydroxylation is 2. The first kappa shape index (κ1) is 14.5. The average molecular weight is 277 g/mol. The lowest BCUT2D eigenvalue weighted by atomic mass is 10.0. The van der Waals surface area contributed by atoms with E-state index in [9.17, 15) is 8.78 Å². The Bertz CT molecular complexity index is 613. The minimum Gasteiger partial charge on any atom is -0.489 e. The minimum absolute atomic E-state index is 0.00526. The maximum atomic E-state index is 13.4. The van der Waals surface area contributed by atoms with Crippen molar-refractivity contribution in [2.75, 3.05) is 6.61 Å². The van der Waals surface area contributed by atoms with E-state index in [0.29, 0.717) is 0 Å². The third kappa shape index (κ3) is 3.33. The Kier molecular flexibility index (Phi) is 4.35. The Balaban J connectivity index is 2.04. The number of halogens is 2. The normalized spacial score (nSPS) is 12.2. The highest BCUT2D eigenvalue weighted by Crippen LogP contribution is 2.20. The van der Waals surface area contributed by atoms with Crippen LogP contribution in [-0.4, -0.2) is 6.61 Å². The molecule has 0 aromatic heterocycles. The fourth-order valence-corrected chi connectivity index (χ4v) is 1.86. The summed E-state index contributed by atoms with van der Waals surface area (Å²) in [5.74, 6) is -1.35. The summed E-state index contributed by atoms with van der Waals surface area (Å²) >= 11 is 0. The maximum absolute atomic E-state index is 13.4. The lowest BCUT2D eigenvalue weighted by molar-refractivity contribution is 0.276. The molecule has 0 radical (unpaired) electrons. The van der Waals surface area contributed by atoms with Gasteiger partial charge in [-0.25, -0.2) is 8.78 Å². The van der Waals surface area contributed by atoms with Crippen LogP contribution in [0.5, 0.6) is 5.75 Å². The molecule has 0 heterocycles. The van der Waals surface area contributed by atoms with Gasteiger partial charge in [-0.15, -0.1) is 0 Å². The van der Waals surface area contributed by atoms with Gasteiger partial charge in [0.05, 0.1) is 6.04 Å². The van der Waals surface area contributed by atoms with Gasteiger partial charge in [-0.05, 0) is 42.7 Å². The molecule has 0 bridgehead atoms. The van der Waals surface area contributed by atoms with Gasteiger partial charge in [0, 0.05) is 6.07 Å². The predicted octanol–water partition coefficient (Wildman–Crippen LogP) is 3.66. The molecule has 0 saturated heterocycles. The Morgan fingerprint density at radius 2 is 1.80 bits per heavy atom. The first-order valence-electron chi connectivity index (χ1n) is 6.38. The van der Waals surface area contributed by atoms with Gasteiger partial charge in [-0.3, -0.25) is 0 Å². The van der Waals surface area contributed by atoms with Crippen molar-refractivity contribution in [1.29, 1.82) is 0 Å². The van der Waals surface area contributed by atoms with E-state index in [-0.39, 0.29) is 18.4 Å². The van der Waals surface area contributed by atoms with E-state index in [1.54, 1.807) is 0 Å². The fourth-order valence-electron chi connectivity index (χ4n) is 1.86. The van der Waals surface area contributed by atoms with Crippen molar-refractivity contribution in [1.82, 2.24) is 0 Å². The van der Waals surface area contributed by atoms with Gasteiger partial charge in [0.2, 0.25) is 0 Å². The second kappa shape index (κ2) is 6.01. The van der Waals surface area contributed by atoms with Crippen LogP contribution in [0.3, 0.4) is 0 Å². The zero-order chi connectivity index (χ0) is 14.7. The van der Waals surface area contributed by atoms with Crippen molar-refractivity contribution in [3.63, 3.8) is 0 Å². The first-order valence-corrected chi connectivity index (χ1v) is 6.38. The zero-order valence-electron chi connectivity index (χ0n) is 11.5. The van der Waals surface area contributed by atoms with E-state index < -0.39 is 11.6 Å². The number of ether oxygens (including phenoxy) is 1. The van der Waals surface area contributed by atoms with Crippen molar-refractivity contribution >= 4 is 0 Å². The molecule has 0 amide bonds. The highest BCUT2D eigenvalue weighted by Gasteiger charge is 2.10. The van der Waals surface area contributed by atoms with Crippen LogP contribution in [0.25, 0.3) is 0 Å². The van der Waals surface area contributed by atoms with Gasteiger partial charge < -0.3 is 10.5 Å². The van der Waals surface area contributed by atoms with E-state index >= 15 is 0 Å². The second-order valence-corrected chi connectivity index (χ2v) is 4.84. The van der Waals surface area contributed by atoms with Crippen LogP contribution in [0, 0.1) is 25.5 Å². The van der Waals surface area contributed by atoms with Gasteiger partial charge in [-0.2, -0.15) is 0 Å². The molecule has 106 valence electrons. The van der Waals surface area contributed by atoms with E-state index in [0.717, 1.165) is 23.3 Å². The lowest BCUT2D eigenvalue weighted by Gasteiger charge is -2.15. The molecule has 4 heteroatoms. The zero-order valence-corrected chi connectivity index (χ0v) is 11.5. The van der Waals surface area contributed by atoms with Crippen molar-refractivity contribution in [3.8, 4) is 5.75 Å². The summed E-state index contributed by atoms with van der Waals surface area (Å²) in [6.45, 7) is 4.16. The highest BCUT2D eigenvalue weighted by molar-refractivity contribution is 5.32. The van der Waals surface area contributed by atoms with Crippen molar-refractivity contribution in [2.45, 2.75) is 19.9 Å². The summed E-state index contributed by atoms with van der Waals surface area (Å²) < 4.78 is 31.5. The summed E-state index contributed by atoms with van der Waals surface area (Å²) in [5.41, 5.74) is 9.28. The Morgan fingerprint density at radius 1 is 1.05 bits per heavy atom. The van der Waals surface area contributed by atoms with Gasteiger partial charge in [-0.1, -0.05) is 18.2 Å². The minimum atomic E-state index is -0.725. The molecule has 2 rings (SSSR count). The average Bonchev–Trinajstić information content (AvgIpc) is 2.40. The van der Waals surface area contributed by atoms with Crippen LogP contribution in [-0.2, 0) is 0 Å². The molecule has 0 spiro atoms. The number of benzene rings is 2. The fraction of sp³-hybridized carbons (Fsp3) is 0.250. The molecule has 20 heavy (non-hydrogen) atoms. The standard InChI is InChI=1S/C16H17F2NO/c1-10-3-4-12(7-11(10)2)15(19)9-20-16-6-5-13(17)8-14(16)18/h3-8,15H,9,19H2,1-2H3. The van der Waals surface area contributed by atoms with Crippen LogP contribution in [0.15, 0.2) is 36.4 Å². The topological polar surface area (TPSA) is 35.2 Å². The molecule has 0 aliphatic carbocycles. The van der Waals surface area contributed by atoms with Crippen molar-refractivity contribution in [3.05, 3.63) is 64.7 Å². The van der Waals surface area contributed by atoms with Crippen LogP contribution in [0.4, 0.5) is 8.78 Å². The molecule has 0 aliphatic heterocycles. The molecule has 2 aromatic rings. The largest absolute Gasteiger partial charge is 0.489 e. The first-order chi connectivity index (χ1) is 9.47. The van der Waals surface area contributed by atoms with Crippen molar-refractivity contribution < 1.29 is 13.5 Å². The molecule has 1 unspecified atom stereocenters. The molecule has 2 aromatic carbocycles. The van der Waals surface area contributed by atoms with Gasteiger partial charge in [0.1, 0.15) is 12.4 Å². The number of rotatable bonds is 4. The van der Waals surface area contributed by atoms with Crippen molar-refractivity contribution in [2.24, 2.45) is 5.73 Å². The second-order valence-electron chi connectivity index (χ2n) is 4.84. The third-order valence-corrected chi connectivity index (χ3v) is 3.27. The van der Waals surface area contributed by atoms with E-state index in [1.165, 1.54) is 11.6 Å². The number of hydrogen-bond donors (Lipinski definition) is 1. The van der Waals surface area contributed by atoms with E-state index in [2.05, 4.69) is 0 Å². The Morgan fingerprint density at radius 3 is 2.45 bits per heavy atom. The molecule has 0 saturated carbocycles. The molecule has 2 N–H and O–H groups in total. The van der Waals surface area contributed by atoms with Crippen LogP contribution in [0.1, 0.15) is 22.7 Å². The van der Waals surface area contributed by atoms with E-state index in [1.807, 2.05) is 32.0 Å². The summed E-state index contributed by atoms with van der Waals surface area (Å²) in [6, 6.07) is 8.75. The summed E-state index contributed by atoms with van der Waals surface area (Å²) in [5, 5.41) is 0. The molecule has 0 fully saturated rings. The Hall–Kier alpha value is -1.94. The van der Waals surface area contributed by atoms with Crippen LogP contribution >= 0.6 is 0 Å². The molecule has 0 aliphatic rings. The van der Waals surface area contributed by atoms with Gasteiger partial charge in [0.25, 0.3) is 0 Å². The van der Waals surface area contributed by atoms with Crippen LogP contribution in [0.2, 0.25) is 0 Å². The maximum Gasteiger partial charge on any atom is 0.167 e. The SMILES string of the molecule is Cc1ccc(C(N)COc2ccc(F)cc2F)cc1C. The van der Waals surface area contributed by atoms with Gasteiger partial charge >= 0.3 is 0 Å².